The molecule has 1 heterocycles. The van der Waals surface area contributed by atoms with Crippen LogP contribution in [0.1, 0.15) is 38.1 Å². The van der Waals surface area contributed by atoms with E-state index in [1.807, 2.05) is 39.8 Å². The second kappa shape index (κ2) is 7.02. The summed E-state index contributed by atoms with van der Waals surface area (Å²) in [6.07, 6.45) is 0. The Bertz CT molecular complexity index is 473. The molecule has 1 rings (SSSR count). The van der Waals surface area contributed by atoms with Gasteiger partial charge in [-0.25, -0.2) is 15.8 Å². The molecule has 7 nitrogen and oxygen atoms in total. The van der Waals surface area contributed by atoms with Crippen LogP contribution in [0.4, 0.5) is 11.6 Å². The number of nitrogen functional groups attached to an aromatic ring is 1. The summed E-state index contributed by atoms with van der Waals surface area (Å²) in [5, 5.41) is 13.6. The van der Waals surface area contributed by atoms with Crippen molar-refractivity contribution < 1.29 is 5.11 Å². The van der Waals surface area contributed by atoms with Crippen LogP contribution in [0.5, 0.6) is 0 Å². The molecule has 21 heavy (non-hydrogen) atoms. The Kier molecular flexibility index (Phi) is 5.88. The van der Waals surface area contributed by atoms with Crippen LogP contribution in [0, 0.1) is 6.92 Å². The van der Waals surface area contributed by atoms with Crippen LogP contribution in [0.3, 0.4) is 0 Å². The van der Waals surface area contributed by atoms with E-state index in [2.05, 4.69) is 20.7 Å². The van der Waals surface area contributed by atoms with E-state index >= 15 is 0 Å². The van der Waals surface area contributed by atoms with E-state index in [9.17, 15) is 5.11 Å². The van der Waals surface area contributed by atoms with Gasteiger partial charge in [0.15, 0.2) is 0 Å². The predicted octanol–water partition coefficient (Wildman–Crippen LogP) is 0.919. The lowest BCUT2D eigenvalue weighted by molar-refractivity contribution is 0.0459. The summed E-state index contributed by atoms with van der Waals surface area (Å²) in [6.45, 7) is 8.69. The molecule has 0 aliphatic heterocycles. The fourth-order valence-electron chi connectivity index (χ4n) is 2.12. The van der Waals surface area contributed by atoms with Gasteiger partial charge in [0.2, 0.25) is 0 Å². The zero-order valence-electron chi connectivity index (χ0n) is 13.9. The number of aromatic nitrogens is 2. The number of hydrogen-bond donors (Lipinski definition) is 4. The summed E-state index contributed by atoms with van der Waals surface area (Å²) < 4.78 is 0. The van der Waals surface area contributed by atoms with Crippen molar-refractivity contribution in [3.05, 3.63) is 11.4 Å². The van der Waals surface area contributed by atoms with Crippen molar-refractivity contribution >= 4 is 11.6 Å². The molecule has 1 unspecified atom stereocenters. The first-order chi connectivity index (χ1) is 9.66. The Labute approximate surface area is 126 Å². The summed E-state index contributed by atoms with van der Waals surface area (Å²) in [6, 6.07) is 0. The first-order valence-corrected chi connectivity index (χ1v) is 7.12. The van der Waals surface area contributed by atoms with Gasteiger partial charge in [0.25, 0.3) is 0 Å². The van der Waals surface area contributed by atoms with E-state index in [1.54, 1.807) is 6.92 Å². The van der Waals surface area contributed by atoms with E-state index in [4.69, 9.17) is 5.84 Å². The van der Waals surface area contributed by atoms with Gasteiger partial charge in [-0.2, -0.15) is 0 Å². The van der Waals surface area contributed by atoms with Gasteiger partial charge in [-0.05, 0) is 27.9 Å². The first-order valence-electron chi connectivity index (χ1n) is 7.12. The number of nitrogens with two attached hydrogens (primary N) is 1. The highest BCUT2D eigenvalue weighted by Crippen LogP contribution is 2.23. The quantitative estimate of drug-likeness (QED) is 0.438. The molecule has 1 atom stereocenters. The molecule has 0 aliphatic carbocycles. The SMILES string of the molecule is Cc1c(NN)nc(C(C)C)nc1NCC(C)(O)CN(C)C. The fourth-order valence-corrected chi connectivity index (χ4v) is 2.12. The van der Waals surface area contributed by atoms with Crippen molar-refractivity contribution in [1.82, 2.24) is 14.9 Å². The number of rotatable bonds is 7. The lowest BCUT2D eigenvalue weighted by atomic mass is 10.1. The summed E-state index contributed by atoms with van der Waals surface area (Å²) in [5.41, 5.74) is 2.58. The maximum absolute atomic E-state index is 10.4. The predicted molar refractivity (Wildman–Crippen MR) is 86.3 cm³/mol. The topological polar surface area (TPSA) is 99.3 Å². The van der Waals surface area contributed by atoms with Crippen molar-refractivity contribution in [1.29, 1.82) is 0 Å². The molecule has 0 radical (unpaired) electrons. The zero-order valence-corrected chi connectivity index (χ0v) is 13.9. The first kappa shape index (κ1) is 17.6. The third-order valence-electron chi connectivity index (χ3n) is 3.11. The summed E-state index contributed by atoms with van der Waals surface area (Å²) in [5.74, 6) is 7.71. The molecule has 0 bridgehead atoms. The Morgan fingerprint density at radius 2 is 1.86 bits per heavy atom. The second-order valence-corrected chi connectivity index (χ2v) is 6.29. The highest BCUT2D eigenvalue weighted by Gasteiger charge is 2.22. The third-order valence-corrected chi connectivity index (χ3v) is 3.11. The van der Waals surface area contributed by atoms with Crippen LogP contribution >= 0.6 is 0 Å². The average Bonchev–Trinajstić information content (AvgIpc) is 2.35. The van der Waals surface area contributed by atoms with E-state index in [-0.39, 0.29) is 5.92 Å². The Hall–Kier alpha value is -1.44. The van der Waals surface area contributed by atoms with Gasteiger partial charge in [0.1, 0.15) is 17.5 Å². The Balaban J connectivity index is 2.94. The van der Waals surface area contributed by atoms with Crippen molar-refractivity contribution in [2.75, 3.05) is 37.9 Å². The van der Waals surface area contributed by atoms with Gasteiger partial charge in [-0.15, -0.1) is 0 Å². The molecule has 5 N–H and O–H groups in total. The van der Waals surface area contributed by atoms with Crippen molar-refractivity contribution in [3.63, 3.8) is 0 Å². The maximum atomic E-state index is 10.4. The minimum atomic E-state index is -0.852. The number of likely N-dealkylation sites (N-methyl/N-ethyl adjacent to an activating group) is 1. The summed E-state index contributed by atoms with van der Waals surface area (Å²) >= 11 is 0. The van der Waals surface area contributed by atoms with Gasteiger partial charge in [0, 0.05) is 24.6 Å². The fraction of sp³-hybridized carbons (Fsp3) is 0.714. The lowest BCUT2D eigenvalue weighted by Crippen LogP contribution is -2.43. The van der Waals surface area contributed by atoms with E-state index in [0.29, 0.717) is 30.5 Å². The van der Waals surface area contributed by atoms with Crippen LogP contribution < -0.4 is 16.6 Å². The Morgan fingerprint density at radius 1 is 1.29 bits per heavy atom. The summed E-state index contributed by atoms with van der Waals surface area (Å²) in [4.78, 5) is 10.9. The van der Waals surface area contributed by atoms with Crippen LogP contribution in [0.2, 0.25) is 0 Å². The van der Waals surface area contributed by atoms with E-state index in [1.165, 1.54) is 0 Å². The third kappa shape index (κ3) is 5.11. The molecular weight excluding hydrogens is 268 g/mol. The molecule has 0 aromatic carbocycles. The number of hydrazine groups is 1. The molecule has 0 aliphatic rings. The standard InChI is InChI=1S/C14H28N6O/c1-9(2)11-17-12(10(3)13(18-11)19-15)16-7-14(4,21)8-20(5)6/h9,21H,7-8,15H2,1-6H3,(H2,16,17,18,19). The number of anilines is 2. The van der Waals surface area contributed by atoms with Crippen molar-refractivity contribution in [3.8, 4) is 0 Å². The number of nitrogens with zero attached hydrogens (tertiary/aromatic N) is 3. The highest BCUT2D eigenvalue weighted by atomic mass is 16.3. The number of nitrogens with one attached hydrogen (secondary N) is 2. The molecule has 0 saturated heterocycles. The molecule has 0 amide bonds. The van der Waals surface area contributed by atoms with Crippen LogP contribution in [0.15, 0.2) is 0 Å². The van der Waals surface area contributed by atoms with Gasteiger partial charge < -0.3 is 20.7 Å². The minimum absolute atomic E-state index is 0.195. The zero-order chi connectivity index (χ0) is 16.2. The van der Waals surface area contributed by atoms with Crippen LogP contribution in [-0.2, 0) is 0 Å². The van der Waals surface area contributed by atoms with Crippen LogP contribution in [-0.4, -0.2) is 52.8 Å². The lowest BCUT2D eigenvalue weighted by Gasteiger charge is -2.28. The smallest absolute Gasteiger partial charge is 0.148 e. The molecule has 0 fully saturated rings. The molecule has 0 spiro atoms. The van der Waals surface area contributed by atoms with Gasteiger partial charge in [-0.1, -0.05) is 13.8 Å². The van der Waals surface area contributed by atoms with Crippen molar-refractivity contribution in [2.45, 2.75) is 39.2 Å². The van der Waals surface area contributed by atoms with Gasteiger partial charge in [-0.3, -0.25) is 0 Å². The normalized spacial score (nSPS) is 14.4. The second-order valence-electron chi connectivity index (χ2n) is 6.29. The number of hydrogen-bond acceptors (Lipinski definition) is 7. The molecule has 1 aromatic heterocycles. The summed E-state index contributed by atoms with van der Waals surface area (Å²) in [7, 11) is 3.86. The largest absolute Gasteiger partial charge is 0.387 e. The van der Waals surface area contributed by atoms with Crippen molar-refractivity contribution in [2.24, 2.45) is 5.84 Å². The minimum Gasteiger partial charge on any atom is -0.387 e. The van der Waals surface area contributed by atoms with Gasteiger partial charge >= 0.3 is 0 Å². The molecular formula is C14H28N6O. The molecule has 7 heteroatoms. The van der Waals surface area contributed by atoms with Gasteiger partial charge in [0.05, 0.1) is 5.60 Å². The average molecular weight is 296 g/mol. The maximum Gasteiger partial charge on any atom is 0.148 e. The number of aliphatic hydroxyl groups is 1. The van der Waals surface area contributed by atoms with E-state index in [0.717, 1.165) is 5.56 Å². The molecule has 120 valence electrons. The molecule has 1 aromatic rings. The van der Waals surface area contributed by atoms with Crippen LogP contribution in [0.25, 0.3) is 0 Å². The molecule has 0 saturated carbocycles. The van der Waals surface area contributed by atoms with E-state index < -0.39 is 5.60 Å². The Morgan fingerprint density at radius 3 is 2.33 bits per heavy atom. The highest BCUT2D eigenvalue weighted by molar-refractivity contribution is 5.57. The monoisotopic (exact) mass is 296 g/mol.